The van der Waals surface area contributed by atoms with Crippen LogP contribution < -0.4 is 5.32 Å². The molecule has 2 aromatic heterocycles. The van der Waals surface area contributed by atoms with Gasteiger partial charge in [0, 0.05) is 35.6 Å². The van der Waals surface area contributed by atoms with Crippen LogP contribution in [-0.4, -0.2) is 43.3 Å². The number of rotatable bonds is 10. The van der Waals surface area contributed by atoms with Crippen LogP contribution in [0.5, 0.6) is 0 Å². The summed E-state index contributed by atoms with van der Waals surface area (Å²) in [7, 11) is 0. The molecule has 0 spiro atoms. The molecule has 2 aromatic rings. The van der Waals surface area contributed by atoms with E-state index in [0.717, 1.165) is 47.6 Å². The molecule has 1 amide bonds. The first kappa shape index (κ1) is 21.5. The number of carbonyl (C=O) groups is 2. The zero-order chi connectivity index (χ0) is 20.7. The van der Waals surface area contributed by atoms with Gasteiger partial charge >= 0.3 is 5.97 Å². The fourth-order valence-corrected chi connectivity index (χ4v) is 3.13. The van der Waals surface area contributed by atoms with Crippen LogP contribution in [0.4, 0.5) is 0 Å². The largest absolute Gasteiger partial charge is 0.481 e. The first-order valence-electron chi connectivity index (χ1n) is 9.64. The molecule has 8 heteroatoms. The fraction of sp³-hybridized carbons (Fsp3) is 0.550. The van der Waals surface area contributed by atoms with E-state index >= 15 is 0 Å². The standard InChI is InChI=1S/C20H29N5O3/c1-13-11-14(2)23-20(22-13)25-16(4)17(15(3)24-25)12-18(26)21-10-8-6-5-7-9-19(27)28/h11H,5-10,12H2,1-4H3,(H,21,26)(H,27,28). The fourth-order valence-electron chi connectivity index (χ4n) is 3.13. The van der Waals surface area contributed by atoms with Gasteiger partial charge in [0.15, 0.2) is 0 Å². The summed E-state index contributed by atoms with van der Waals surface area (Å²) < 4.78 is 1.69. The number of aromatic nitrogens is 4. The normalized spacial score (nSPS) is 10.9. The summed E-state index contributed by atoms with van der Waals surface area (Å²) in [5.41, 5.74) is 4.30. The molecule has 2 heterocycles. The number of aliphatic carboxylic acids is 1. The molecule has 0 aliphatic carbocycles. The minimum absolute atomic E-state index is 0.0439. The van der Waals surface area contributed by atoms with Crippen LogP contribution in [0.3, 0.4) is 0 Å². The first-order chi connectivity index (χ1) is 13.3. The van der Waals surface area contributed by atoms with Gasteiger partial charge in [-0.1, -0.05) is 12.8 Å². The molecule has 2 N–H and O–H groups in total. The van der Waals surface area contributed by atoms with Crippen LogP contribution in [0.1, 0.15) is 60.4 Å². The number of carbonyl (C=O) groups excluding carboxylic acids is 1. The molecule has 0 bridgehead atoms. The van der Waals surface area contributed by atoms with Crippen molar-refractivity contribution < 1.29 is 14.7 Å². The Labute approximate surface area is 165 Å². The van der Waals surface area contributed by atoms with E-state index in [2.05, 4.69) is 20.4 Å². The molecule has 0 fully saturated rings. The maximum Gasteiger partial charge on any atom is 0.303 e. The monoisotopic (exact) mass is 387 g/mol. The molecule has 0 saturated carbocycles. The van der Waals surface area contributed by atoms with Gasteiger partial charge in [-0.25, -0.2) is 14.6 Å². The topological polar surface area (TPSA) is 110 Å². The summed E-state index contributed by atoms with van der Waals surface area (Å²) in [6.45, 7) is 8.24. The highest BCUT2D eigenvalue weighted by atomic mass is 16.4. The predicted molar refractivity (Wildman–Crippen MR) is 106 cm³/mol. The maximum absolute atomic E-state index is 12.3. The van der Waals surface area contributed by atoms with Gasteiger partial charge in [-0.3, -0.25) is 9.59 Å². The smallest absolute Gasteiger partial charge is 0.303 e. The van der Waals surface area contributed by atoms with E-state index in [9.17, 15) is 9.59 Å². The molecule has 2 rings (SSSR count). The lowest BCUT2D eigenvalue weighted by molar-refractivity contribution is -0.137. The van der Waals surface area contributed by atoms with Crippen molar-refractivity contribution in [3.63, 3.8) is 0 Å². The Bertz CT molecular complexity index is 824. The van der Waals surface area contributed by atoms with Crippen LogP contribution in [0, 0.1) is 27.7 Å². The van der Waals surface area contributed by atoms with E-state index in [1.807, 2.05) is 33.8 Å². The lowest BCUT2D eigenvalue weighted by Crippen LogP contribution is -2.26. The SMILES string of the molecule is Cc1cc(C)nc(-n2nc(C)c(CC(=O)NCCCCCCC(=O)O)c2C)n1. The Kier molecular flexibility index (Phi) is 7.66. The predicted octanol–water partition coefficient (Wildman–Crippen LogP) is 2.59. The average molecular weight is 387 g/mol. The van der Waals surface area contributed by atoms with Crippen LogP contribution in [0.25, 0.3) is 5.95 Å². The summed E-state index contributed by atoms with van der Waals surface area (Å²) in [4.78, 5) is 31.6. The molecule has 0 saturated heterocycles. The molecule has 0 atom stereocenters. The molecule has 28 heavy (non-hydrogen) atoms. The lowest BCUT2D eigenvalue weighted by Gasteiger charge is -2.07. The molecule has 0 aliphatic rings. The van der Waals surface area contributed by atoms with Crippen molar-refractivity contribution in [2.45, 2.75) is 66.2 Å². The van der Waals surface area contributed by atoms with Crippen molar-refractivity contribution in [3.05, 3.63) is 34.4 Å². The average Bonchev–Trinajstić information content (AvgIpc) is 2.88. The van der Waals surface area contributed by atoms with Gasteiger partial charge in [0.25, 0.3) is 5.95 Å². The van der Waals surface area contributed by atoms with Crippen LogP contribution in [0.15, 0.2) is 6.07 Å². The van der Waals surface area contributed by atoms with Crippen LogP contribution in [0.2, 0.25) is 0 Å². The van der Waals surface area contributed by atoms with Crippen molar-refractivity contribution in [2.24, 2.45) is 0 Å². The van der Waals surface area contributed by atoms with Gasteiger partial charge in [0.2, 0.25) is 5.91 Å². The number of nitrogens with one attached hydrogen (secondary N) is 1. The molecular formula is C20H29N5O3. The number of hydrogen-bond donors (Lipinski definition) is 2. The molecule has 0 unspecified atom stereocenters. The third kappa shape index (κ3) is 6.14. The third-order valence-corrected chi connectivity index (χ3v) is 4.58. The van der Waals surface area contributed by atoms with E-state index in [1.165, 1.54) is 0 Å². The highest BCUT2D eigenvalue weighted by Gasteiger charge is 2.17. The van der Waals surface area contributed by atoms with Crippen LogP contribution in [-0.2, 0) is 16.0 Å². The molecule has 152 valence electrons. The van der Waals surface area contributed by atoms with E-state index in [0.29, 0.717) is 18.9 Å². The number of amides is 1. The lowest BCUT2D eigenvalue weighted by atomic mass is 10.1. The number of nitrogens with zero attached hydrogens (tertiary/aromatic N) is 4. The van der Waals surface area contributed by atoms with Gasteiger partial charge in [0.1, 0.15) is 0 Å². The highest BCUT2D eigenvalue weighted by Crippen LogP contribution is 2.17. The van der Waals surface area contributed by atoms with E-state index in [1.54, 1.807) is 4.68 Å². The van der Waals surface area contributed by atoms with Crippen molar-refractivity contribution in [1.82, 2.24) is 25.1 Å². The summed E-state index contributed by atoms with van der Waals surface area (Å²) in [6.07, 6.45) is 3.78. The highest BCUT2D eigenvalue weighted by molar-refractivity contribution is 5.79. The number of unbranched alkanes of at least 4 members (excludes halogenated alkanes) is 3. The Morgan fingerprint density at radius 1 is 1.04 bits per heavy atom. The minimum Gasteiger partial charge on any atom is -0.481 e. The summed E-state index contributed by atoms with van der Waals surface area (Å²) in [6, 6.07) is 1.91. The summed E-state index contributed by atoms with van der Waals surface area (Å²) in [5, 5.41) is 16.1. The van der Waals surface area contributed by atoms with Crippen molar-refractivity contribution >= 4 is 11.9 Å². The van der Waals surface area contributed by atoms with Gasteiger partial charge in [-0.05, 0) is 46.6 Å². The minimum atomic E-state index is -0.759. The first-order valence-corrected chi connectivity index (χ1v) is 9.64. The molecule has 0 aromatic carbocycles. The van der Waals surface area contributed by atoms with E-state index in [4.69, 9.17) is 5.11 Å². The Morgan fingerprint density at radius 2 is 1.68 bits per heavy atom. The zero-order valence-corrected chi connectivity index (χ0v) is 17.1. The second-order valence-electron chi connectivity index (χ2n) is 7.10. The second-order valence-corrected chi connectivity index (χ2v) is 7.10. The Balaban J connectivity index is 1.89. The van der Waals surface area contributed by atoms with Crippen molar-refractivity contribution in [2.75, 3.05) is 6.54 Å². The molecule has 8 nitrogen and oxygen atoms in total. The van der Waals surface area contributed by atoms with E-state index < -0.39 is 5.97 Å². The number of hydrogen-bond acceptors (Lipinski definition) is 5. The number of carboxylic acid groups (broad SMARTS) is 1. The van der Waals surface area contributed by atoms with Gasteiger partial charge < -0.3 is 10.4 Å². The summed E-state index contributed by atoms with van der Waals surface area (Å²) >= 11 is 0. The maximum atomic E-state index is 12.3. The van der Waals surface area contributed by atoms with Crippen molar-refractivity contribution in [3.8, 4) is 5.95 Å². The summed E-state index contributed by atoms with van der Waals surface area (Å²) in [5.74, 6) is -0.283. The van der Waals surface area contributed by atoms with Crippen LogP contribution >= 0.6 is 0 Å². The molecule has 0 radical (unpaired) electrons. The van der Waals surface area contributed by atoms with Gasteiger partial charge in [-0.2, -0.15) is 5.10 Å². The Morgan fingerprint density at radius 3 is 2.32 bits per heavy atom. The van der Waals surface area contributed by atoms with Gasteiger partial charge in [-0.15, -0.1) is 0 Å². The second kappa shape index (κ2) is 9.96. The molecule has 0 aliphatic heterocycles. The molecular weight excluding hydrogens is 358 g/mol. The quantitative estimate of drug-likeness (QED) is 0.606. The van der Waals surface area contributed by atoms with Crippen molar-refractivity contribution in [1.29, 1.82) is 0 Å². The van der Waals surface area contributed by atoms with E-state index in [-0.39, 0.29) is 18.7 Å². The third-order valence-electron chi connectivity index (χ3n) is 4.58. The number of carboxylic acids is 1. The van der Waals surface area contributed by atoms with Gasteiger partial charge in [0.05, 0.1) is 12.1 Å². The number of aryl methyl sites for hydroxylation is 3. The Hall–Kier alpha value is -2.77. The zero-order valence-electron chi connectivity index (χ0n) is 17.1.